The number of fused-ring (bicyclic) bond motifs is 12. The van der Waals surface area contributed by atoms with Crippen molar-refractivity contribution in [2.24, 2.45) is 11.8 Å². The third-order valence-electron chi connectivity index (χ3n) is 24.8. The molecule has 9 aliphatic carbocycles. The van der Waals surface area contributed by atoms with Gasteiger partial charge in [0.25, 0.3) is 0 Å². The van der Waals surface area contributed by atoms with Crippen LogP contribution in [-0.4, -0.2) is 205 Å². The molecule has 0 saturated carbocycles. The number of hydrogen-bond donors (Lipinski definition) is 19. The van der Waals surface area contributed by atoms with Crippen molar-refractivity contribution in [1.82, 2.24) is 0 Å². The van der Waals surface area contributed by atoms with E-state index in [0.717, 1.165) is 32.4 Å². The first-order valence-electron chi connectivity index (χ1n) is 37.9. The smallest absolute Gasteiger partial charge is 0.316 e. The number of aromatic hydroxyl groups is 9. The number of allylic oxidation sites excluding steroid dienone is 4. The van der Waals surface area contributed by atoms with Crippen LogP contribution in [0.2, 0.25) is 0 Å². The number of methoxy groups -OCH3 is 3. The van der Waals surface area contributed by atoms with E-state index < -0.39 is 244 Å². The number of aliphatic hydroxyl groups is 10. The van der Waals surface area contributed by atoms with Crippen molar-refractivity contribution in [2.45, 2.75) is 157 Å². The number of phenolic OH excluding ortho intramolecular Hbond substituents is 9. The second-order valence-corrected chi connectivity index (χ2v) is 31.1. The highest BCUT2D eigenvalue weighted by molar-refractivity contribution is 6.33. The molecule has 0 bridgehead atoms. The molecule has 33 nitrogen and oxygen atoms in total. The summed E-state index contributed by atoms with van der Waals surface area (Å²) in [5.41, 5.74) is -12.2. The van der Waals surface area contributed by atoms with E-state index in [-0.39, 0.29) is 140 Å². The molecule has 120 heavy (non-hydrogen) atoms. The summed E-state index contributed by atoms with van der Waals surface area (Å²) < 4.78 is 14.8. The van der Waals surface area contributed by atoms with E-state index in [1.165, 1.54) is 61.7 Å². The molecule has 628 valence electrons. The van der Waals surface area contributed by atoms with Gasteiger partial charge in [0.15, 0.2) is 34.7 Å². The van der Waals surface area contributed by atoms with Crippen molar-refractivity contribution in [3.05, 3.63) is 207 Å². The molecule has 0 fully saturated rings. The fraction of sp³-hybridized carbons (Fsp3) is 0.345. The molecular weight excluding hydrogens is 1570 g/mol. The minimum atomic E-state index is -1.96. The highest BCUT2D eigenvalue weighted by Crippen LogP contribution is 2.60. The monoisotopic (exact) mass is 1650 g/mol. The molecule has 0 amide bonds. The van der Waals surface area contributed by atoms with Gasteiger partial charge < -0.3 is 111 Å². The zero-order valence-corrected chi connectivity index (χ0v) is 65.2. The fourth-order valence-electron chi connectivity index (χ4n) is 18.6. The Hall–Kier alpha value is -12.6. The predicted octanol–water partition coefficient (Wildman–Crippen LogP) is 6.42. The van der Waals surface area contributed by atoms with Gasteiger partial charge >= 0.3 is 11.9 Å². The second-order valence-electron chi connectivity index (χ2n) is 31.1. The zero-order chi connectivity index (χ0) is 88.1. The van der Waals surface area contributed by atoms with E-state index in [1.54, 1.807) is 34.6 Å². The summed E-state index contributed by atoms with van der Waals surface area (Å²) in [5, 5.41) is 203. The quantitative estimate of drug-likeness (QED) is 0.0576. The number of phenols is 9. The molecule has 0 saturated heterocycles. The maximum atomic E-state index is 13.2. The Labute approximate surface area is 679 Å². The molecule has 0 heterocycles. The summed E-state index contributed by atoms with van der Waals surface area (Å²) in [6.45, 7) is 8.00. The average molecular weight is 1660 g/mol. The van der Waals surface area contributed by atoms with E-state index >= 15 is 0 Å². The number of carbonyl (C=O) groups excluding carboxylic acids is 11. The van der Waals surface area contributed by atoms with Crippen molar-refractivity contribution < 1.29 is 164 Å². The molecule has 7 aromatic carbocycles. The number of Topliss-reactive ketones (excluding diaryl/α,β-unsaturated/α-hetero) is 3. The van der Waals surface area contributed by atoms with Gasteiger partial charge in [-0.2, -0.15) is 0 Å². The normalized spacial score (nSPS) is 26.1. The van der Waals surface area contributed by atoms with Crippen LogP contribution < -0.4 is 4.74 Å². The molecule has 0 aromatic heterocycles. The number of aliphatic hydroxyl groups excluding tert-OH is 6. The average Bonchev–Trinajstić information content (AvgIpc) is 0.722. The van der Waals surface area contributed by atoms with Gasteiger partial charge in [-0.25, -0.2) is 0 Å². The van der Waals surface area contributed by atoms with Crippen LogP contribution in [0.25, 0.3) is 0 Å². The lowest BCUT2D eigenvalue weighted by Crippen LogP contribution is -2.46. The van der Waals surface area contributed by atoms with Gasteiger partial charge in [-0.15, -0.1) is 0 Å². The minimum absolute atomic E-state index is 0.000818. The van der Waals surface area contributed by atoms with Crippen LogP contribution >= 0.6 is 0 Å². The molecule has 9 aliphatic rings. The van der Waals surface area contributed by atoms with Crippen molar-refractivity contribution in [3.63, 3.8) is 0 Å². The summed E-state index contributed by atoms with van der Waals surface area (Å²) in [6, 6.07) is 13.0. The standard InChI is InChI=1S/C22H20O9.2C22H20O8.C21H22O8/c1-3-22(30)7-12(25)13-8(17(22)21(29)31-2)6-9-14(19(13)27)20(28)16-11(24)5-4-10(23)15(16)18(9)26;1-3-13(24)22(29)7-10-14(11(23)8-22)20(27)17-16(19(10)26)18(25)9-5-4-6-12(30-2)15(9)21(17)28;1-3-22(29)8-13(24)15-10(17(22)21(28)30-2)7-11-16(20(15)27)19(26)14-9(18(11)25)5-4-6-12(14)23;1-3-21(29)6-9(23)12-15(20(21)28)19(27)13-14(18(12)26)17(25)11-8(22)5-4-7(2)10(11)16(13)24/h4-6,12,17,23-25,27,30H,3,7H2,1-2H3;4-6,11,23,26-27,29H,3,7-8H2,1-2H3;4-7,13,17,23-24,27,29H,3,8H2,1-2H3;4-5,9-11,20,22-23,26-29H,3,6H2,1-2H3/t12?,17?,22-;;13?,17?,22-;9-,10?,11?,20?,21+/m1.10/s1. The van der Waals surface area contributed by atoms with E-state index in [9.17, 15) is 150 Å². The Morgan fingerprint density at radius 1 is 0.408 bits per heavy atom. The largest absolute Gasteiger partial charge is 0.512 e. The third kappa shape index (κ3) is 12.5. The van der Waals surface area contributed by atoms with E-state index in [4.69, 9.17) is 14.2 Å². The van der Waals surface area contributed by atoms with Crippen molar-refractivity contribution in [1.29, 1.82) is 0 Å². The Bertz CT molecular complexity index is 5840. The molecule has 0 aliphatic heterocycles. The number of rotatable bonds is 8. The number of benzene rings is 7. The SMILES string of the molecule is CCC(=O)C1(O)Cc2c(O)c3c(c(O)c2C(O)C1)C(=O)c1c(OC)cccc1C3=O.CC[C@@]1(O)CC(O)c2c(cc3c(c2O)C(=O)c2c(O)ccc(O)c2C3=O)C1C(=O)OC.CC[C@@]1(O)CC(O)c2c(cc3c(c2O)C(=O)c2c(O)cccc2C3=O)C1C(=O)OC.CC[C@@]1(O)C[C@H](O)c2c(O)c3c(c(O)c2C1O)C(=O)C1C(C)=CC=C(O)C1C3=O. The lowest BCUT2D eigenvalue weighted by atomic mass is 9.65. The topological polar surface area (TPSA) is 600 Å². The Morgan fingerprint density at radius 2 is 0.817 bits per heavy atom. The zero-order valence-electron chi connectivity index (χ0n) is 65.2. The lowest BCUT2D eigenvalue weighted by molar-refractivity contribution is -0.154. The van der Waals surface area contributed by atoms with Crippen LogP contribution in [0, 0.1) is 11.8 Å². The molecular formula is C87H82O33. The molecule has 0 radical (unpaired) electrons. The van der Waals surface area contributed by atoms with Crippen molar-refractivity contribution >= 4 is 64.0 Å². The van der Waals surface area contributed by atoms with Crippen molar-refractivity contribution in [3.8, 4) is 57.5 Å². The molecule has 16 rings (SSSR count). The number of ether oxygens (including phenoxy) is 3. The lowest BCUT2D eigenvalue weighted by Gasteiger charge is -2.42. The first-order valence-corrected chi connectivity index (χ1v) is 37.9. The Kier molecular flexibility index (Phi) is 21.6. The number of esters is 2. The van der Waals surface area contributed by atoms with Crippen LogP contribution in [0.5, 0.6) is 57.5 Å². The van der Waals surface area contributed by atoms with Gasteiger partial charge in [-0.1, -0.05) is 63.6 Å². The highest BCUT2D eigenvalue weighted by Gasteiger charge is 2.57. The molecule has 13 atom stereocenters. The summed E-state index contributed by atoms with van der Waals surface area (Å²) in [5.74, 6) is -19.0. The maximum absolute atomic E-state index is 13.2. The molecule has 7 aromatic rings. The van der Waals surface area contributed by atoms with E-state index in [2.05, 4.69) is 0 Å². The summed E-state index contributed by atoms with van der Waals surface area (Å²) in [7, 11) is 3.60. The van der Waals surface area contributed by atoms with E-state index in [1.807, 2.05) is 0 Å². The van der Waals surface area contributed by atoms with Gasteiger partial charge in [-0.05, 0) is 79.8 Å². The van der Waals surface area contributed by atoms with Gasteiger partial charge in [0.1, 0.15) is 86.8 Å². The third-order valence-corrected chi connectivity index (χ3v) is 24.8. The number of ketones is 9. The van der Waals surface area contributed by atoms with Crippen LogP contribution in [0.15, 0.2) is 84.1 Å². The molecule has 0 spiro atoms. The number of hydrogen-bond acceptors (Lipinski definition) is 33. The highest BCUT2D eigenvalue weighted by atomic mass is 16.5. The first-order chi connectivity index (χ1) is 56.4. The van der Waals surface area contributed by atoms with E-state index in [0.29, 0.717) is 5.57 Å². The van der Waals surface area contributed by atoms with Gasteiger partial charge in [0, 0.05) is 94.2 Å². The van der Waals surface area contributed by atoms with Crippen LogP contribution in [-0.2, 0) is 30.3 Å². The second kappa shape index (κ2) is 30.4. The molecule has 19 N–H and O–H groups in total. The van der Waals surface area contributed by atoms with Crippen molar-refractivity contribution in [2.75, 3.05) is 21.3 Å². The Balaban J connectivity index is 0.000000138. The number of carbonyl (C=O) groups is 11. The van der Waals surface area contributed by atoms with Crippen LogP contribution in [0.3, 0.4) is 0 Å². The molecule has 9 unspecified atom stereocenters. The predicted molar refractivity (Wildman–Crippen MR) is 410 cm³/mol. The fourth-order valence-corrected chi connectivity index (χ4v) is 18.6. The maximum Gasteiger partial charge on any atom is 0.316 e. The Morgan fingerprint density at radius 3 is 1.32 bits per heavy atom. The van der Waals surface area contributed by atoms with Gasteiger partial charge in [-0.3, -0.25) is 52.7 Å². The minimum Gasteiger partial charge on any atom is -0.512 e. The van der Waals surface area contributed by atoms with Gasteiger partial charge in [0.05, 0.1) is 130 Å². The summed E-state index contributed by atoms with van der Waals surface area (Å²) in [4.78, 5) is 142. The first kappa shape index (κ1) is 85.3. The summed E-state index contributed by atoms with van der Waals surface area (Å²) in [6.07, 6.45) is -6.21. The van der Waals surface area contributed by atoms with Crippen LogP contribution in [0.1, 0.15) is 289 Å². The van der Waals surface area contributed by atoms with Crippen LogP contribution in [0.4, 0.5) is 0 Å². The molecule has 33 heteroatoms. The summed E-state index contributed by atoms with van der Waals surface area (Å²) >= 11 is 0. The van der Waals surface area contributed by atoms with Gasteiger partial charge in [0.2, 0.25) is 17.3 Å².